The Morgan fingerprint density at radius 2 is 1.68 bits per heavy atom. The summed E-state index contributed by atoms with van der Waals surface area (Å²) in [5.74, 6) is -1.66. The Bertz CT molecular complexity index is 557. The van der Waals surface area contributed by atoms with Crippen LogP contribution in [0.3, 0.4) is 0 Å². The van der Waals surface area contributed by atoms with Crippen molar-refractivity contribution in [3.8, 4) is 0 Å². The second kappa shape index (κ2) is 7.04. The number of carbonyl (C=O) groups is 3. The maximum atomic E-state index is 12.1. The van der Waals surface area contributed by atoms with E-state index in [1.807, 2.05) is 0 Å². The number of ether oxygens (including phenoxy) is 3. The van der Waals surface area contributed by atoms with Gasteiger partial charge in [-0.2, -0.15) is 0 Å². The average Bonchev–Trinajstić information content (AvgIpc) is 3.07. The van der Waals surface area contributed by atoms with Crippen LogP contribution in [0.2, 0.25) is 0 Å². The Labute approximate surface area is 127 Å². The molecule has 0 radical (unpaired) electrons. The van der Waals surface area contributed by atoms with E-state index >= 15 is 0 Å². The molecule has 1 heterocycles. The quantitative estimate of drug-likeness (QED) is 0.841. The van der Waals surface area contributed by atoms with Gasteiger partial charge < -0.3 is 19.5 Å². The van der Waals surface area contributed by atoms with Gasteiger partial charge in [0.2, 0.25) is 5.91 Å². The summed E-state index contributed by atoms with van der Waals surface area (Å²) in [4.78, 5) is 35.4. The molecule has 0 aromatic heterocycles. The monoisotopic (exact) mass is 307 g/mol. The fourth-order valence-electron chi connectivity index (χ4n) is 2.16. The smallest absolute Gasteiger partial charge is 0.337 e. The topological polar surface area (TPSA) is 90.9 Å². The number of hydrogen-bond donors (Lipinski definition) is 1. The summed E-state index contributed by atoms with van der Waals surface area (Å²) in [7, 11) is 2.47. The zero-order valence-electron chi connectivity index (χ0n) is 12.4. The van der Waals surface area contributed by atoms with Crippen molar-refractivity contribution in [2.45, 2.75) is 6.42 Å². The Hall–Kier alpha value is -2.41. The first-order chi connectivity index (χ1) is 10.5. The molecule has 1 aliphatic rings. The van der Waals surface area contributed by atoms with E-state index in [0.29, 0.717) is 25.3 Å². The van der Waals surface area contributed by atoms with Crippen molar-refractivity contribution >= 4 is 23.5 Å². The number of nitrogens with one attached hydrogen (secondary N) is 1. The van der Waals surface area contributed by atoms with Crippen LogP contribution >= 0.6 is 0 Å². The van der Waals surface area contributed by atoms with Crippen molar-refractivity contribution in [1.82, 2.24) is 0 Å². The highest BCUT2D eigenvalue weighted by molar-refractivity contribution is 6.00. The zero-order valence-corrected chi connectivity index (χ0v) is 12.4. The minimum atomic E-state index is -0.606. The summed E-state index contributed by atoms with van der Waals surface area (Å²) in [6.07, 6.45) is 0.645. The fraction of sp³-hybridized carbons (Fsp3) is 0.400. The third kappa shape index (κ3) is 3.62. The molecule has 1 aliphatic heterocycles. The molecular weight excluding hydrogens is 290 g/mol. The molecule has 0 bridgehead atoms. The van der Waals surface area contributed by atoms with Crippen LogP contribution in [0.15, 0.2) is 18.2 Å². The average molecular weight is 307 g/mol. The minimum absolute atomic E-state index is 0.156. The normalized spacial score (nSPS) is 16.9. The van der Waals surface area contributed by atoms with E-state index in [0.717, 1.165) is 0 Å². The highest BCUT2D eigenvalue weighted by atomic mass is 16.5. The lowest BCUT2D eigenvalue weighted by Gasteiger charge is -2.12. The van der Waals surface area contributed by atoms with Gasteiger partial charge in [0.15, 0.2) is 0 Å². The summed E-state index contributed by atoms with van der Waals surface area (Å²) in [6, 6.07) is 4.25. The number of anilines is 1. The van der Waals surface area contributed by atoms with Gasteiger partial charge in [-0.3, -0.25) is 4.79 Å². The van der Waals surface area contributed by atoms with E-state index in [4.69, 9.17) is 4.74 Å². The largest absolute Gasteiger partial charge is 0.465 e. The highest BCUT2D eigenvalue weighted by Crippen LogP contribution is 2.20. The van der Waals surface area contributed by atoms with Crippen LogP contribution in [0.5, 0.6) is 0 Å². The number of carbonyl (C=O) groups excluding carboxylic acids is 3. The lowest BCUT2D eigenvalue weighted by atomic mass is 10.1. The van der Waals surface area contributed by atoms with Crippen LogP contribution in [0, 0.1) is 5.92 Å². The first-order valence-corrected chi connectivity index (χ1v) is 6.75. The van der Waals surface area contributed by atoms with E-state index in [9.17, 15) is 14.4 Å². The zero-order chi connectivity index (χ0) is 16.1. The van der Waals surface area contributed by atoms with Gasteiger partial charge >= 0.3 is 11.9 Å². The summed E-state index contributed by atoms with van der Waals surface area (Å²) < 4.78 is 14.4. The van der Waals surface area contributed by atoms with Crippen molar-refractivity contribution in [2.75, 3.05) is 32.8 Å². The lowest BCUT2D eigenvalue weighted by molar-refractivity contribution is -0.119. The summed E-state index contributed by atoms with van der Waals surface area (Å²) in [5, 5.41) is 2.69. The Balaban J connectivity index is 2.26. The first kappa shape index (κ1) is 16.0. The molecule has 1 N–H and O–H groups in total. The van der Waals surface area contributed by atoms with Gasteiger partial charge in [0.25, 0.3) is 0 Å². The van der Waals surface area contributed by atoms with Gasteiger partial charge in [-0.15, -0.1) is 0 Å². The standard InChI is InChI=1S/C15H17NO6/c1-20-14(18)10-5-11(15(19)21-2)7-12(6-10)16-13(17)9-3-4-22-8-9/h5-7,9H,3-4,8H2,1-2H3,(H,16,17)/t9-/m1/s1. The fourth-order valence-corrected chi connectivity index (χ4v) is 2.16. The number of esters is 2. The van der Waals surface area contributed by atoms with Gasteiger partial charge in [-0.1, -0.05) is 0 Å². The molecule has 7 heteroatoms. The molecule has 1 aromatic rings. The van der Waals surface area contributed by atoms with Gasteiger partial charge in [0, 0.05) is 12.3 Å². The van der Waals surface area contributed by atoms with Crippen LogP contribution in [0.1, 0.15) is 27.1 Å². The Morgan fingerprint density at radius 3 is 2.14 bits per heavy atom. The van der Waals surface area contributed by atoms with Crippen molar-refractivity contribution < 1.29 is 28.6 Å². The van der Waals surface area contributed by atoms with Gasteiger partial charge in [-0.05, 0) is 24.6 Å². The number of amides is 1. The van der Waals surface area contributed by atoms with Crippen LogP contribution in [0.25, 0.3) is 0 Å². The number of hydrogen-bond acceptors (Lipinski definition) is 6. The predicted octanol–water partition coefficient (Wildman–Crippen LogP) is 1.23. The summed E-state index contributed by atoms with van der Waals surface area (Å²) >= 11 is 0. The van der Waals surface area contributed by atoms with Crippen molar-refractivity contribution in [3.63, 3.8) is 0 Å². The van der Waals surface area contributed by atoms with Gasteiger partial charge in [0.1, 0.15) is 0 Å². The molecule has 118 valence electrons. The van der Waals surface area contributed by atoms with Gasteiger partial charge in [-0.25, -0.2) is 9.59 Å². The van der Waals surface area contributed by atoms with Crippen molar-refractivity contribution in [1.29, 1.82) is 0 Å². The SMILES string of the molecule is COC(=O)c1cc(NC(=O)[C@@H]2CCOC2)cc(C(=O)OC)c1. The molecule has 22 heavy (non-hydrogen) atoms. The molecule has 2 rings (SSSR count). The molecule has 0 aliphatic carbocycles. The molecule has 1 saturated heterocycles. The predicted molar refractivity (Wildman–Crippen MR) is 76.7 cm³/mol. The second-order valence-electron chi connectivity index (χ2n) is 4.83. The molecule has 7 nitrogen and oxygen atoms in total. The number of rotatable bonds is 4. The third-order valence-corrected chi connectivity index (χ3v) is 3.34. The Morgan fingerprint density at radius 1 is 1.09 bits per heavy atom. The third-order valence-electron chi connectivity index (χ3n) is 3.34. The van der Waals surface area contributed by atoms with Gasteiger partial charge in [0.05, 0.1) is 37.9 Å². The van der Waals surface area contributed by atoms with Crippen LogP contribution < -0.4 is 5.32 Å². The van der Waals surface area contributed by atoms with Crippen LogP contribution in [-0.2, 0) is 19.0 Å². The Kier molecular flexibility index (Phi) is 5.11. The van der Waals surface area contributed by atoms with E-state index in [-0.39, 0.29) is 23.0 Å². The maximum Gasteiger partial charge on any atom is 0.337 e. The summed E-state index contributed by atoms with van der Waals surface area (Å²) in [6.45, 7) is 0.917. The minimum Gasteiger partial charge on any atom is -0.465 e. The molecule has 1 amide bonds. The van der Waals surface area contributed by atoms with Crippen molar-refractivity contribution in [3.05, 3.63) is 29.3 Å². The molecule has 1 atom stereocenters. The molecular formula is C15H17NO6. The maximum absolute atomic E-state index is 12.1. The highest BCUT2D eigenvalue weighted by Gasteiger charge is 2.24. The summed E-state index contributed by atoms with van der Waals surface area (Å²) in [5.41, 5.74) is 0.645. The van der Waals surface area contributed by atoms with E-state index < -0.39 is 11.9 Å². The van der Waals surface area contributed by atoms with E-state index in [1.165, 1.54) is 32.4 Å². The molecule has 0 saturated carbocycles. The lowest BCUT2D eigenvalue weighted by Crippen LogP contribution is -2.23. The number of benzene rings is 1. The first-order valence-electron chi connectivity index (χ1n) is 6.75. The number of methoxy groups -OCH3 is 2. The molecule has 1 fully saturated rings. The molecule has 0 spiro atoms. The van der Waals surface area contributed by atoms with Crippen LogP contribution in [0.4, 0.5) is 5.69 Å². The van der Waals surface area contributed by atoms with Crippen LogP contribution in [-0.4, -0.2) is 45.3 Å². The molecule has 1 aromatic carbocycles. The van der Waals surface area contributed by atoms with E-state index in [2.05, 4.69) is 14.8 Å². The van der Waals surface area contributed by atoms with E-state index in [1.54, 1.807) is 0 Å². The van der Waals surface area contributed by atoms with Crippen molar-refractivity contribution in [2.24, 2.45) is 5.92 Å². The second-order valence-corrected chi connectivity index (χ2v) is 4.83. The molecule has 0 unspecified atom stereocenters.